The van der Waals surface area contributed by atoms with Gasteiger partial charge in [-0.3, -0.25) is 9.59 Å². The number of Topliss-reactive ketones (excluding diaryl/α,β-unsaturated/α-hetero) is 2. The van der Waals surface area contributed by atoms with Gasteiger partial charge in [0.2, 0.25) is 0 Å². The number of ketones is 2. The third-order valence-corrected chi connectivity index (χ3v) is 10.3. The summed E-state index contributed by atoms with van der Waals surface area (Å²) in [7, 11) is -7.89. The van der Waals surface area contributed by atoms with E-state index < -0.39 is 29.2 Å². The number of hydrogen-bond donors (Lipinski definition) is 0. The van der Waals surface area contributed by atoms with Gasteiger partial charge in [0, 0.05) is 23.6 Å². The zero-order valence-electron chi connectivity index (χ0n) is 18.1. The lowest BCUT2D eigenvalue weighted by Gasteiger charge is -2.26. The summed E-state index contributed by atoms with van der Waals surface area (Å²) in [6, 6.07) is 8.96. The van der Waals surface area contributed by atoms with Gasteiger partial charge in [0.05, 0.1) is 19.3 Å². The SMILES string of the molecule is CC(=O)CC(C)(C)S(=O)(=O)c1cccc2c(S(=O)(=O)C(C)(C)CC(C)=O)cccc12. The van der Waals surface area contributed by atoms with Crippen molar-refractivity contribution in [3.05, 3.63) is 36.4 Å². The van der Waals surface area contributed by atoms with E-state index in [2.05, 4.69) is 0 Å². The van der Waals surface area contributed by atoms with Crippen molar-refractivity contribution in [1.82, 2.24) is 0 Å². The average molecular weight is 453 g/mol. The van der Waals surface area contributed by atoms with Crippen molar-refractivity contribution in [3.8, 4) is 0 Å². The van der Waals surface area contributed by atoms with Gasteiger partial charge in [0.15, 0.2) is 19.7 Å². The maximum absolute atomic E-state index is 13.4. The Morgan fingerprint density at radius 2 is 0.967 bits per heavy atom. The molecule has 2 aromatic rings. The Bertz CT molecular complexity index is 1120. The summed E-state index contributed by atoms with van der Waals surface area (Å²) in [4.78, 5) is 23.2. The van der Waals surface area contributed by atoms with E-state index in [0.717, 1.165) is 0 Å². The van der Waals surface area contributed by atoms with E-state index in [1.165, 1.54) is 65.8 Å². The van der Waals surface area contributed by atoms with Crippen LogP contribution in [0.4, 0.5) is 0 Å². The van der Waals surface area contributed by atoms with Gasteiger partial charge in [0.1, 0.15) is 11.6 Å². The molecule has 0 aliphatic carbocycles. The van der Waals surface area contributed by atoms with Crippen LogP contribution in [0.1, 0.15) is 54.4 Å². The maximum atomic E-state index is 13.4. The second-order valence-electron chi connectivity index (χ2n) is 8.89. The van der Waals surface area contributed by atoms with E-state index >= 15 is 0 Å². The molecule has 0 unspecified atom stereocenters. The van der Waals surface area contributed by atoms with Crippen molar-refractivity contribution in [2.24, 2.45) is 0 Å². The lowest BCUT2D eigenvalue weighted by molar-refractivity contribution is -0.118. The predicted molar refractivity (Wildman–Crippen MR) is 117 cm³/mol. The van der Waals surface area contributed by atoms with Crippen molar-refractivity contribution in [3.63, 3.8) is 0 Å². The van der Waals surface area contributed by atoms with Crippen LogP contribution in [-0.4, -0.2) is 37.9 Å². The van der Waals surface area contributed by atoms with E-state index in [1.807, 2.05) is 0 Å². The van der Waals surface area contributed by atoms with E-state index in [1.54, 1.807) is 12.1 Å². The van der Waals surface area contributed by atoms with Crippen molar-refractivity contribution in [2.75, 3.05) is 0 Å². The van der Waals surface area contributed by atoms with Gasteiger partial charge in [-0.15, -0.1) is 0 Å². The zero-order valence-corrected chi connectivity index (χ0v) is 19.8. The Labute approximate surface area is 178 Å². The number of sulfone groups is 2. The normalized spacial score (nSPS) is 13.4. The van der Waals surface area contributed by atoms with E-state index in [-0.39, 0.29) is 45.0 Å². The minimum absolute atomic E-state index is 0.0207. The smallest absolute Gasteiger partial charge is 0.184 e. The highest BCUT2D eigenvalue weighted by Gasteiger charge is 2.40. The second-order valence-corrected chi connectivity index (χ2v) is 14.0. The van der Waals surface area contributed by atoms with E-state index in [9.17, 15) is 26.4 Å². The van der Waals surface area contributed by atoms with Crippen LogP contribution in [0.25, 0.3) is 10.8 Å². The van der Waals surface area contributed by atoms with Gasteiger partial charge in [-0.1, -0.05) is 24.3 Å². The molecule has 0 heterocycles. The Balaban J connectivity index is 2.81. The standard InChI is InChI=1S/C22H28O6S2/c1-15(23)13-21(3,4)29(25,26)19-11-7-10-18-17(19)9-8-12-20(18)30(27,28)22(5,6)14-16(2)24/h7-12H,13-14H2,1-6H3. The van der Waals surface area contributed by atoms with Crippen LogP contribution in [0.3, 0.4) is 0 Å². The number of benzene rings is 2. The molecular formula is C22H28O6S2. The lowest BCUT2D eigenvalue weighted by atomic mass is 10.1. The lowest BCUT2D eigenvalue weighted by Crippen LogP contribution is -2.35. The fourth-order valence-electron chi connectivity index (χ4n) is 3.71. The molecule has 0 aliphatic rings. The highest BCUT2D eigenvalue weighted by molar-refractivity contribution is 7.93. The summed E-state index contributed by atoms with van der Waals surface area (Å²) in [5.41, 5.74) is 0. The van der Waals surface area contributed by atoms with Crippen LogP contribution in [0, 0.1) is 0 Å². The predicted octanol–water partition coefficient (Wildman–Crippen LogP) is 3.90. The van der Waals surface area contributed by atoms with Gasteiger partial charge >= 0.3 is 0 Å². The molecule has 0 spiro atoms. The number of fused-ring (bicyclic) bond motifs is 1. The Morgan fingerprint density at radius 3 is 1.23 bits per heavy atom. The van der Waals surface area contributed by atoms with Crippen molar-refractivity contribution in [1.29, 1.82) is 0 Å². The minimum Gasteiger partial charge on any atom is -0.300 e. The minimum atomic E-state index is -3.95. The van der Waals surface area contributed by atoms with Crippen LogP contribution in [0.5, 0.6) is 0 Å². The van der Waals surface area contributed by atoms with Gasteiger partial charge in [-0.05, 0) is 53.7 Å². The summed E-state index contributed by atoms with van der Waals surface area (Å²) >= 11 is 0. The number of carbonyl (C=O) groups excluding carboxylic acids is 2. The summed E-state index contributed by atoms with van der Waals surface area (Å²) in [5, 5.41) is 0.544. The average Bonchev–Trinajstić information content (AvgIpc) is 2.58. The van der Waals surface area contributed by atoms with Crippen LogP contribution in [0.2, 0.25) is 0 Å². The Kier molecular flexibility index (Phi) is 6.37. The first-order valence-corrected chi connectivity index (χ1v) is 12.5. The van der Waals surface area contributed by atoms with Gasteiger partial charge < -0.3 is 0 Å². The molecule has 0 N–H and O–H groups in total. The van der Waals surface area contributed by atoms with Gasteiger partial charge in [0.25, 0.3) is 0 Å². The van der Waals surface area contributed by atoms with Crippen LogP contribution in [-0.2, 0) is 29.3 Å². The number of carbonyl (C=O) groups is 2. The van der Waals surface area contributed by atoms with Crippen molar-refractivity contribution >= 4 is 42.0 Å². The summed E-state index contributed by atoms with van der Waals surface area (Å²) < 4.78 is 50.7. The monoisotopic (exact) mass is 452 g/mol. The largest absolute Gasteiger partial charge is 0.300 e. The molecule has 164 valence electrons. The topological polar surface area (TPSA) is 102 Å². The van der Waals surface area contributed by atoms with E-state index in [4.69, 9.17) is 0 Å². The van der Waals surface area contributed by atoms with Crippen molar-refractivity contribution < 1.29 is 26.4 Å². The highest BCUT2D eigenvalue weighted by atomic mass is 32.2. The van der Waals surface area contributed by atoms with Crippen LogP contribution in [0.15, 0.2) is 46.2 Å². The first-order chi connectivity index (χ1) is 13.5. The van der Waals surface area contributed by atoms with Crippen LogP contribution < -0.4 is 0 Å². The Hall–Kier alpha value is -2.06. The highest BCUT2D eigenvalue weighted by Crippen LogP contribution is 2.38. The summed E-state index contributed by atoms with van der Waals surface area (Å²) in [6.45, 7) is 8.61. The summed E-state index contributed by atoms with van der Waals surface area (Å²) in [5.74, 6) is -0.504. The molecule has 0 aliphatic heterocycles. The molecule has 0 saturated carbocycles. The Morgan fingerprint density at radius 1 is 0.667 bits per heavy atom. The van der Waals surface area contributed by atoms with E-state index in [0.29, 0.717) is 0 Å². The van der Waals surface area contributed by atoms with Gasteiger partial charge in [-0.2, -0.15) is 0 Å². The molecular weight excluding hydrogens is 424 g/mol. The first kappa shape index (κ1) is 24.2. The first-order valence-electron chi connectivity index (χ1n) is 9.54. The molecule has 30 heavy (non-hydrogen) atoms. The third-order valence-electron chi connectivity index (χ3n) is 5.23. The molecule has 0 radical (unpaired) electrons. The number of hydrogen-bond acceptors (Lipinski definition) is 6. The molecule has 0 amide bonds. The fourth-order valence-corrected chi connectivity index (χ4v) is 7.13. The molecule has 0 fully saturated rings. The number of rotatable bonds is 8. The molecule has 8 heteroatoms. The molecule has 2 aromatic carbocycles. The van der Waals surface area contributed by atoms with Crippen molar-refractivity contribution in [2.45, 2.75) is 73.7 Å². The second kappa shape index (κ2) is 7.89. The fraction of sp³-hybridized carbons (Fsp3) is 0.455. The third kappa shape index (κ3) is 4.21. The molecule has 6 nitrogen and oxygen atoms in total. The maximum Gasteiger partial charge on any atom is 0.184 e. The molecule has 0 bridgehead atoms. The molecule has 2 rings (SSSR count). The molecule has 0 saturated heterocycles. The summed E-state index contributed by atoms with van der Waals surface area (Å²) in [6.07, 6.45) is -0.315. The molecule has 0 atom stereocenters. The zero-order chi connectivity index (χ0) is 23.1. The molecule has 0 aromatic heterocycles. The quantitative estimate of drug-likeness (QED) is 0.602. The van der Waals surface area contributed by atoms with Gasteiger partial charge in [-0.25, -0.2) is 16.8 Å². The van der Waals surface area contributed by atoms with Crippen LogP contribution >= 0.6 is 0 Å².